The van der Waals surface area contributed by atoms with E-state index in [0.717, 1.165) is 5.56 Å². The van der Waals surface area contributed by atoms with Crippen LogP contribution in [0.4, 0.5) is 0 Å². The minimum absolute atomic E-state index is 0.0687. The molecule has 0 aliphatic rings. The maximum absolute atomic E-state index is 10.6. The topological polar surface area (TPSA) is 50.4 Å². The standard InChI is InChI=1S/C13H9ClO3/c14-10-4-1-9(2-5-10)3-6-11-7-8-12(17-11)13(15)16/h1-8H,(H,15,16). The fraction of sp³-hybridized carbons (Fsp3) is 0. The van der Waals surface area contributed by atoms with Crippen LogP contribution >= 0.6 is 11.6 Å². The van der Waals surface area contributed by atoms with E-state index >= 15 is 0 Å². The van der Waals surface area contributed by atoms with Crippen LogP contribution in [0, 0.1) is 0 Å². The Morgan fingerprint density at radius 1 is 1.12 bits per heavy atom. The van der Waals surface area contributed by atoms with Crippen LogP contribution in [0.1, 0.15) is 21.9 Å². The van der Waals surface area contributed by atoms with Crippen LogP contribution in [-0.2, 0) is 0 Å². The molecule has 0 fully saturated rings. The summed E-state index contributed by atoms with van der Waals surface area (Å²) in [5.74, 6) is -0.644. The molecule has 3 nitrogen and oxygen atoms in total. The summed E-state index contributed by atoms with van der Waals surface area (Å²) in [5.41, 5.74) is 0.961. The van der Waals surface area contributed by atoms with Crippen molar-refractivity contribution in [2.45, 2.75) is 0 Å². The number of hydrogen-bond donors (Lipinski definition) is 1. The van der Waals surface area contributed by atoms with E-state index in [0.29, 0.717) is 10.8 Å². The zero-order chi connectivity index (χ0) is 12.3. The van der Waals surface area contributed by atoms with Gasteiger partial charge >= 0.3 is 5.97 Å². The summed E-state index contributed by atoms with van der Waals surface area (Å²) in [6.07, 6.45) is 3.52. The first-order valence-electron chi connectivity index (χ1n) is 4.92. The molecule has 0 saturated heterocycles. The number of rotatable bonds is 3. The second-order valence-electron chi connectivity index (χ2n) is 3.39. The summed E-state index contributed by atoms with van der Waals surface area (Å²) in [4.78, 5) is 10.6. The van der Waals surface area contributed by atoms with Gasteiger partial charge in [0.15, 0.2) is 0 Å². The first kappa shape index (κ1) is 11.5. The van der Waals surface area contributed by atoms with Gasteiger partial charge in [-0.25, -0.2) is 4.79 Å². The van der Waals surface area contributed by atoms with Gasteiger partial charge in [-0.3, -0.25) is 0 Å². The number of aromatic carboxylic acids is 1. The Morgan fingerprint density at radius 3 is 2.41 bits per heavy atom. The van der Waals surface area contributed by atoms with Gasteiger partial charge in [-0.2, -0.15) is 0 Å². The van der Waals surface area contributed by atoms with E-state index in [-0.39, 0.29) is 5.76 Å². The minimum Gasteiger partial charge on any atom is -0.475 e. The first-order chi connectivity index (χ1) is 8.15. The molecule has 1 aromatic heterocycles. The lowest BCUT2D eigenvalue weighted by atomic mass is 10.2. The van der Waals surface area contributed by atoms with Gasteiger partial charge in [0.1, 0.15) is 5.76 Å². The fourth-order valence-electron chi connectivity index (χ4n) is 1.31. The Bertz CT molecular complexity index is 552. The molecule has 0 aliphatic heterocycles. The number of benzene rings is 1. The van der Waals surface area contributed by atoms with E-state index in [1.54, 1.807) is 24.3 Å². The molecule has 0 unspecified atom stereocenters. The molecule has 86 valence electrons. The molecule has 0 radical (unpaired) electrons. The average Bonchev–Trinajstić information content (AvgIpc) is 2.77. The second kappa shape index (κ2) is 4.89. The molecule has 4 heteroatoms. The van der Waals surface area contributed by atoms with Gasteiger partial charge in [0.05, 0.1) is 0 Å². The summed E-state index contributed by atoms with van der Waals surface area (Å²) in [5, 5.41) is 9.36. The van der Waals surface area contributed by atoms with Gasteiger partial charge < -0.3 is 9.52 Å². The van der Waals surface area contributed by atoms with Crippen molar-refractivity contribution >= 4 is 29.7 Å². The molecule has 17 heavy (non-hydrogen) atoms. The Morgan fingerprint density at radius 2 is 1.82 bits per heavy atom. The highest BCUT2D eigenvalue weighted by atomic mass is 35.5. The van der Waals surface area contributed by atoms with Crippen molar-refractivity contribution < 1.29 is 14.3 Å². The third-order valence-corrected chi connectivity index (χ3v) is 2.40. The fourth-order valence-corrected chi connectivity index (χ4v) is 1.44. The van der Waals surface area contributed by atoms with Crippen molar-refractivity contribution in [2.24, 2.45) is 0 Å². The maximum Gasteiger partial charge on any atom is 0.371 e. The molecule has 0 spiro atoms. The van der Waals surface area contributed by atoms with Gasteiger partial charge in [0.2, 0.25) is 5.76 Å². The molecule has 0 amide bonds. The predicted molar refractivity (Wildman–Crippen MR) is 66.0 cm³/mol. The van der Waals surface area contributed by atoms with Crippen LogP contribution in [0.5, 0.6) is 0 Å². The summed E-state index contributed by atoms with van der Waals surface area (Å²) in [6.45, 7) is 0. The normalized spacial score (nSPS) is 10.9. The smallest absolute Gasteiger partial charge is 0.371 e. The zero-order valence-electron chi connectivity index (χ0n) is 8.76. The van der Waals surface area contributed by atoms with E-state index in [1.165, 1.54) is 6.07 Å². The molecule has 0 bridgehead atoms. The van der Waals surface area contributed by atoms with Crippen molar-refractivity contribution in [2.75, 3.05) is 0 Å². The van der Waals surface area contributed by atoms with Crippen LogP contribution in [0.25, 0.3) is 12.2 Å². The highest BCUT2D eigenvalue weighted by Gasteiger charge is 2.06. The van der Waals surface area contributed by atoms with Crippen molar-refractivity contribution in [3.8, 4) is 0 Å². The van der Waals surface area contributed by atoms with Crippen molar-refractivity contribution in [3.63, 3.8) is 0 Å². The predicted octanol–water partition coefficient (Wildman–Crippen LogP) is 3.80. The second-order valence-corrected chi connectivity index (χ2v) is 3.83. The van der Waals surface area contributed by atoms with Crippen molar-refractivity contribution in [1.82, 2.24) is 0 Å². The molecule has 2 aromatic rings. The highest BCUT2D eigenvalue weighted by molar-refractivity contribution is 6.30. The van der Waals surface area contributed by atoms with Crippen LogP contribution in [-0.4, -0.2) is 11.1 Å². The lowest BCUT2D eigenvalue weighted by molar-refractivity contribution is 0.0662. The third-order valence-electron chi connectivity index (χ3n) is 2.15. The van der Waals surface area contributed by atoms with Crippen LogP contribution in [0.2, 0.25) is 5.02 Å². The quantitative estimate of drug-likeness (QED) is 0.899. The molecule has 0 saturated carbocycles. The number of carboxylic acid groups (broad SMARTS) is 1. The van der Waals surface area contributed by atoms with Crippen LogP contribution in [0.3, 0.4) is 0 Å². The number of carbonyl (C=O) groups is 1. The summed E-state index contributed by atoms with van der Waals surface area (Å²) < 4.78 is 5.08. The Labute approximate surface area is 103 Å². The van der Waals surface area contributed by atoms with E-state index in [1.807, 2.05) is 18.2 Å². The lowest BCUT2D eigenvalue weighted by Crippen LogP contribution is -1.91. The van der Waals surface area contributed by atoms with E-state index in [4.69, 9.17) is 21.1 Å². The monoisotopic (exact) mass is 248 g/mol. The van der Waals surface area contributed by atoms with E-state index < -0.39 is 5.97 Å². The highest BCUT2D eigenvalue weighted by Crippen LogP contribution is 2.14. The van der Waals surface area contributed by atoms with Gasteiger partial charge in [0, 0.05) is 5.02 Å². The SMILES string of the molecule is O=C(O)c1ccc(C=Cc2ccc(Cl)cc2)o1. The Hall–Kier alpha value is -2.00. The Balaban J connectivity index is 2.14. The van der Waals surface area contributed by atoms with Crippen LogP contribution < -0.4 is 0 Å². The number of carboxylic acids is 1. The van der Waals surface area contributed by atoms with Crippen LogP contribution in [0.15, 0.2) is 40.8 Å². The average molecular weight is 249 g/mol. The number of halogens is 1. The van der Waals surface area contributed by atoms with Gasteiger partial charge in [-0.15, -0.1) is 0 Å². The van der Waals surface area contributed by atoms with Crippen molar-refractivity contribution in [1.29, 1.82) is 0 Å². The number of hydrogen-bond acceptors (Lipinski definition) is 2. The van der Waals surface area contributed by atoms with E-state index in [9.17, 15) is 4.79 Å². The molecular weight excluding hydrogens is 240 g/mol. The zero-order valence-corrected chi connectivity index (χ0v) is 9.52. The van der Waals surface area contributed by atoms with Gasteiger partial charge in [-0.05, 0) is 35.9 Å². The molecule has 1 aromatic carbocycles. The maximum atomic E-state index is 10.6. The third kappa shape index (κ3) is 2.98. The summed E-state index contributed by atoms with van der Waals surface area (Å²) in [6, 6.07) is 10.3. The first-order valence-corrected chi connectivity index (χ1v) is 5.30. The summed E-state index contributed by atoms with van der Waals surface area (Å²) >= 11 is 5.76. The molecule has 0 atom stereocenters. The largest absolute Gasteiger partial charge is 0.475 e. The van der Waals surface area contributed by atoms with Gasteiger partial charge in [-0.1, -0.05) is 29.8 Å². The molecule has 0 aliphatic carbocycles. The Kier molecular flexibility index (Phi) is 3.30. The van der Waals surface area contributed by atoms with Crippen molar-refractivity contribution in [3.05, 3.63) is 58.5 Å². The number of furan rings is 1. The molecule has 2 rings (SSSR count). The molecular formula is C13H9ClO3. The molecule has 1 N–H and O–H groups in total. The molecule has 1 heterocycles. The van der Waals surface area contributed by atoms with Gasteiger partial charge in [0.25, 0.3) is 0 Å². The lowest BCUT2D eigenvalue weighted by Gasteiger charge is -1.92. The van der Waals surface area contributed by atoms with E-state index in [2.05, 4.69) is 0 Å². The minimum atomic E-state index is -1.07. The summed E-state index contributed by atoms with van der Waals surface area (Å²) in [7, 11) is 0.